The monoisotopic (exact) mass is 433 g/mol. The summed E-state index contributed by atoms with van der Waals surface area (Å²) in [6.07, 6.45) is 8.91. The SMILES string of the molecule is C.C.Cc1ccc(N2CCCN(C(=O)O)CC2)cc1C(=O)NCC1CCCCCCC1. The van der Waals surface area contributed by atoms with Gasteiger partial charge in [-0.3, -0.25) is 4.79 Å². The number of nitrogens with zero attached hydrogens (tertiary/aromatic N) is 2. The standard InChI is InChI=1S/C23H35N3O3.2CH4/c1-18-10-11-20(25-12-7-13-26(15-14-25)23(28)29)16-21(18)22(27)24-17-19-8-5-3-2-4-6-9-19;;/h10-11,16,19H,2-9,12-15,17H2,1H3,(H,24,27)(H,28,29);2*1H4. The van der Waals surface area contributed by atoms with Gasteiger partial charge in [0, 0.05) is 44.0 Å². The molecule has 0 radical (unpaired) electrons. The first-order valence-corrected chi connectivity index (χ1v) is 11.2. The molecular formula is C25H43N3O3. The molecule has 6 heteroatoms. The molecule has 0 bridgehead atoms. The summed E-state index contributed by atoms with van der Waals surface area (Å²) in [4.78, 5) is 27.8. The molecule has 1 aromatic rings. The molecule has 2 N–H and O–H groups in total. The predicted octanol–water partition coefficient (Wildman–Crippen LogP) is 5.55. The van der Waals surface area contributed by atoms with E-state index in [1.165, 1.54) is 49.8 Å². The van der Waals surface area contributed by atoms with Crippen LogP contribution in [0.5, 0.6) is 0 Å². The average molecular weight is 434 g/mol. The van der Waals surface area contributed by atoms with Crippen LogP contribution < -0.4 is 10.2 Å². The van der Waals surface area contributed by atoms with Crippen LogP contribution in [0.4, 0.5) is 10.5 Å². The lowest BCUT2D eigenvalue weighted by Crippen LogP contribution is -2.34. The van der Waals surface area contributed by atoms with Gasteiger partial charge in [0.25, 0.3) is 5.91 Å². The Hall–Kier alpha value is -2.24. The smallest absolute Gasteiger partial charge is 0.407 e. The summed E-state index contributed by atoms with van der Waals surface area (Å²) in [6.45, 7) is 5.25. The molecule has 6 nitrogen and oxygen atoms in total. The molecule has 0 aromatic heterocycles. The van der Waals surface area contributed by atoms with E-state index in [9.17, 15) is 14.7 Å². The number of rotatable bonds is 4. The van der Waals surface area contributed by atoms with E-state index in [2.05, 4.69) is 10.2 Å². The second-order valence-corrected chi connectivity index (χ2v) is 8.53. The third kappa shape index (κ3) is 7.75. The second kappa shape index (κ2) is 13.2. The van der Waals surface area contributed by atoms with Gasteiger partial charge in [0.2, 0.25) is 0 Å². The van der Waals surface area contributed by atoms with Crippen LogP contribution in [0.15, 0.2) is 18.2 Å². The highest BCUT2D eigenvalue weighted by Crippen LogP contribution is 2.23. The van der Waals surface area contributed by atoms with E-state index in [-0.39, 0.29) is 20.8 Å². The van der Waals surface area contributed by atoms with E-state index in [4.69, 9.17) is 0 Å². The van der Waals surface area contributed by atoms with E-state index < -0.39 is 6.09 Å². The van der Waals surface area contributed by atoms with Gasteiger partial charge in [0.1, 0.15) is 0 Å². The molecule has 1 aliphatic heterocycles. The largest absolute Gasteiger partial charge is 0.465 e. The number of carbonyl (C=O) groups excluding carboxylic acids is 1. The topological polar surface area (TPSA) is 72.9 Å². The summed E-state index contributed by atoms with van der Waals surface area (Å²) >= 11 is 0. The van der Waals surface area contributed by atoms with Gasteiger partial charge in [-0.15, -0.1) is 0 Å². The maximum atomic E-state index is 12.9. The summed E-state index contributed by atoms with van der Waals surface area (Å²) in [6, 6.07) is 6.01. The zero-order valence-corrected chi connectivity index (χ0v) is 17.7. The Kier molecular flexibility index (Phi) is 11.4. The van der Waals surface area contributed by atoms with Crippen molar-refractivity contribution in [3.8, 4) is 0 Å². The van der Waals surface area contributed by atoms with E-state index >= 15 is 0 Å². The number of aryl methyl sites for hydroxylation is 1. The van der Waals surface area contributed by atoms with Crippen LogP contribution in [0.3, 0.4) is 0 Å². The van der Waals surface area contributed by atoms with Gasteiger partial charge in [0.15, 0.2) is 0 Å². The lowest BCUT2D eigenvalue weighted by atomic mass is 9.91. The number of anilines is 1. The second-order valence-electron chi connectivity index (χ2n) is 8.53. The third-order valence-corrected chi connectivity index (χ3v) is 6.37. The van der Waals surface area contributed by atoms with Crippen LogP contribution >= 0.6 is 0 Å². The van der Waals surface area contributed by atoms with E-state index in [0.717, 1.165) is 36.3 Å². The van der Waals surface area contributed by atoms with E-state index in [1.807, 2.05) is 25.1 Å². The van der Waals surface area contributed by atoms with Crippen molar-refractivity contribution in [3.05, 3.63) is 29.3 Å². The molecule has 0 spiro atoms. The van der Waals surface area contributed by atoms with Gasteiger partial charge in [-0.25, -0.2) is 4.79 Å². The number of amides is 2. The number of benzene rings is 1. The first-order chi connectivity index (χ1) is 14.0. The van der Waals surface area contributed by atoms with Crippen LogP contribution in [-0.4, -0.2) is 54.7 Å². The van der Waals surface area contributed by atoms with Gasteiger partial charge >= 0.3 is 6.09 Å². The molecule has 0 atom stereocenters. The number of hydrogen-bond acceptors (Lipinski definition) is 3. The van der Waals surface area contributed by atoms with Gasteiger partial charge in [-0.2, -0.15) is 0 Å². The Morgan fingerprint density at radius 3 is 2.32 bits per heavy atom. The minimum Gasteiger partial charge on any atom is -0.465 e. The zero-order chi connectivity index (χ0) is 20.6. The molecule has 3 rings (SSSR count). The van der Waals surface area contributed by atoms with Gasteiger partial charge in [-0.1, -0.05) is 53.0 Å². The Bertz CT molecular complexity index is 699. The third-order valence-electron chi connectivity index (χ3n) is 6.37. The maximum absolute atomic E-state index is 12.9. The quantitative estimate of drug-likeness (QED) is 0.653. The molecule has 31 heavy (non-hydrogen) atoms. The molecule has 1 aromatic carbocycles. The highest BCUT2D eigenvalue weighted by Gasteiger charge is 2.20. The van der Waals surface area contributed by atoms with Crippen molar-refractivity contribution in [2.45, 2.75) is 73.1 Å². The van der Waals surface area contributed by atoms with Gasteiger partial charge < -0.3 is 20.2 Å². The van der Waals surface area contributed by atoms with Gasteiger partial charge in [-0.05, 0) is 49.8 Å². The van der Waals surface area contributed by atoms with Crippen LogP contribution in [0.25, 0.3) is 0 Å². The molecule has 2 amide bonds. The number of carboxylic acid groups (broad SMARTS) is 1. The molecule has 0 unspecified atom stereocenters. The Morgan fingerprint density at radius 1 is 0.968 bits per heavy atom. The van der Waals surface area contributed by atoms with Crippen molar-refractivity contribution < 1.29 is 14.7 Å². The summed E-state index contributed by atoms with van der Waals surface area (Å²) in [7, 11) is 0. The molecule has 1 saturated heterocycles. The lowest BCUT2D eigenvalue weighted by molar-refractivity contribution is 0.0944. The van der Waals surface area contributed by atoms with E-state index in [0.29, 0.717) is 25.6 Å². The van der Waals surface area contributed by atoms with E-state index in [1.54, 1.807) is 0 Å². The van der Waals surface area contributed by atoms with Crippen molar-refractivity contribution in [1.29, 1.82) is 0 Å². The highest BCUT2D eigenvalue weighted by molar-refractivity contribution is 5.96. The minimum atomic E-state index is -0.856. The van der Waals surface area contributed by atoms with Crippen molar-refractivity contribution in [2.75, 3.05) is 37.6 Å². The first-order valence-electron chi connectivity index (χ1n) is 11.2. The zero-order valence-electron chi connectivity index (χ0n) is 17.7. The summed E-state index contributed by atoms with van der Waals surface area (Å²) in [5.74, 6) is 0.601. The van der Waals surface area contributed by atoms with Crippen molar-refractivity contribution >= 4 is 17.7 Å². The van der Waals surface area contributed by atoms with Crippen LogP contribution in [0.2, 0.25) is 0 Å². The molecule has 2 fully saturated rings. The summed E-state index contributed by atoms with van der Waals surface area (Å²) in [5.41, 5.74) is 2.71. The summed E-state index contributed by atoms with van der Waals surface area (Å²) < 4.78 is 0. The molecule has 1 saturated carbocycles. The van der Waals surface area contributed by atoms with Crippen LogP contribution in [-0.2, 0) is 0 Å². The van der Waals surface area contributed by atoms with Crippen LogP contribution in [0.1, 0.15) is 82.1 Å². The Balaban J connectivity index is 0.00000240. The predicted molar refractivity (Wildman–Crippen MR) is 129 cm³/mol. The number of carbonyl (C=O) groups is 2. The Labute approximate surface area is 189 Å². The van der Waals surface area contributed by atoms with Crippen molar-refractivity contribution in [2.24, 2.45) is 5.92 Å². The number of hydrogen-bond donors (Lipinski definition) is 2. The van der Waals surface area contributed by atoms with Gasteiger partial charge in [0.05, 0.1) is 0 Å². The fourth-order valence-corrected chi connectivity index (χ4v) is 4.50. The molecule has 176 valence electrons. The maximum Gasteiger partial charge on any atom is 0.407 e. The van der Waals surface area contributed by atoms with Crippen molar-refractivity contribution in [3.63, 3.8) is 0 Å². The summed E-state index contributed by atoms with van der Waals surface area (Å²) in [5, 5.41) is 12.4. The fourth-order valence-electron chi connectivity index (χ4n) is 4.50. The molecule has 1 heterocycles. The fraction of sp³-hybridized carbons (Fsp3) is 0.680. The first kappa shape index (κ1) is 26.8. The minimum absolute atomic E-state index is 0. The van der Waals surface area contributed by atoms with Crippen LogP contribution in [0, 0.1) is 12.8 Å². The van der Waals surface area contributed by atoms with Crippen molar-refractivity contribution in [1.82, 2.24) is 10.2 Å². The normalized spacial score (nSPS) is 18.0. The number of nitrogens with one attached hydrogen (secondary N) is 1. The lowest BCUT2D eigenvalue weighted by Gasteiger charge is -2.24. The Morgan fingerprint density at radius 2 is 1.65 bits per heavy atom. The molecular weight excluding hydrogens is 390 g/mol. The highest BCUT2D eigenvalue weighted by atomic mass is 16.4. The molecule has 2 aliphatic rings. The average Bonchev–Trinajstić information content (AvgIpc) is 2.94. The molecule has 1 aliphatic carbocycles.